The molecule has 1 atom stereocenters. The number of aromatic nitrogens is 2. The third-order valence-electron chi connectivity index (χ3n) is 6.83. The van der Waals surface area contributed by atoms with Crippen LogP contribution in [0.3, 0.4) is 0 Å². The van der Waals surface area contributed by atoms with Gasteiger partial charge in [0.05, 0.1) is 11.1 Å². The number of carbonyl (C=O) groups is 4. The fourth-order valence-electron chi connectivity index (χ4n) is 4.99. The SMILES string of the molecule is O=C1CCC(N2C(=O)c3cccc(NCCCCNc4nc(C5CCCC5)ns4)c3C2=O)C(=O)N1. The quantitative estimate of drug-likeness (QED) is 0.356. The van der Waals surface area contributed by atoms with Crippen LogP contribution in [-0.2, 0) is 9.59 Å². The van der Waals surface area contributed by atoms with Gasteiger partial charge in [0.25, 0.3) is 11.8 Å². The molecule has 2 fully saturated rings. The van der Waals surface area contributed by atoms with E-state index in [-0.39, 0.29) is 29.9 Å². The van der Waals surface area contributed by atoms with E-state index in [1.165, 1.54) is 37.2 Å². The number of piperidine rings is 1. The highest BCUT2D eigenvalue weighted by molar-refractivity contribution is 7.09. The van der Waals surface area contributed by atoms with E-state index < -0.39 is 23.8 Å². The Kier molecular flexibility index (Phi) is 6.76. The van der Waals surface area contributed by atoms with Crippen LogP contribution in [0.4, 0.5) is 10.8 Å². The van der Waals surface area contributed by atoms with Gasteiger partial charge in [0.15, 0.2) is 0 Å². The molecule has 0 bridgehead atoms. The van der Waals surface area contributed by atoms with Crippen LogP contribution in [0, 0.1) is 0 Å². The van der Waals surface area contributed by atoms with Gasteiger partial charge < -0.3 is 10.6 Å². The number of unbranched alkanes of at least 4 members (excludes halogenated alkanes) is 1. The van der Waals surface area contributed by atoms with Crippen molar-refractivity contribution in [2.24, 2.45) is 0 Å². The van der Waals surface area contributed by atoms with E-state index in [1.807, 2.05) is 0 Å². The molecule has 1 aliphatic carbocycles. The van der Waals surface area contributed by atoms with E-state index in [2.05, 4.69) is 25.3 Å². The number of nitrogens with zero attached hydrogens (tertiary/aromatic N) is 3. The van der Waals surface area contributed by atoms with E-state index in [4.69, 9.17) is 0 Å². The number of hydrogen-bond donors (Lipinski definition) is 3. The van der Waals surface area contributed by atoms with Gasteiger partial charge in [-0.3, -0.25) is 29.4 Å². The lowest BCUT2D eigenvalue weighted by molar-refractivity contribution is -0.136. The number of rotatable bonds is 9. The largest absolute Gasteiger partial charge is 0.384 e. The minimum absolute atomic E-state index is 0.0991. The monoisotopic (exact) mass is 496 g/mol. The van der Waals surface area contributed by atoms with Crippen molar-refractivity contribution in [2.45, 2.75) is 63.3 Å². The second-order valence-corrected chi connectivity index (χ2v) is 9.93. The third-order valence-corrected chi connectivity index (χ3v) is 7.51. The average Bonchev–Trinajstić information content (AvgIpc) is 3.58. The lowest BCUT2D eigenvalue weighted by atomic mass is 10.0. The normalized spacial score (nSPS) is 20.3. The molecule has 1 unspecified atom stereocenters. The summed E-state index contributed by atoms with van der Waals surface area (Å²) in [6.07, 6.45) is 6.89. The number of imide groups is 2. The molecule has 3 heterocycles. The van der Waals surface area contributed by atoms with Gasteiger partial charge in [-0.05, 0) is 44.2 Å². The zero-order chi connectivity index (χ0) is 24.4. The van der Waals surface area contributed by atoms with E-state index in [0.717, 1.165) is 35.2 Å². The number of fused-ring (bicyclic) bond motifs is 1. The molecular formula is C24H28N6O4S. The first-order valence-electron chi connectivity index (χ1n) is 12.2. The summed E-state index contributed by atoms with van der Waals surface area (Å²) in [6, 6.07) is 4.12. The van der Waals surface area contributed by atoms with Crippen LogP contribution in [0.15, 0.2) is 18.2 Å². The summed E-state index contributed by atoms with van der Waals surface area (Å²) in [7, 11) is 0. The van der Waals surface area contributed by atoms with E-state index in [9.17, 15) is 19.2 Å². The number of benzene rings is 1. The number of hydrogen-bond acceptors (Lipinski definition) is 9. The highest BCUT2D eigenvalue weighted by Gasteiger charge is 2.45. The molecule has 10 nitrogen and oxygen atoms in total. The third kappa shape index (κ3) is 4.77. The van der Waals surface area contributed by atoms with Gasteiger partial charge >= 0.3 is 0 Å². The molecule has 35 heavy (non-hydrogen) atoms. The Labute approximate surface area is 207 Å². The second-order valence-electron chi connectivity index (χ2n) is 9.18. The van der Waals surface area contributed by atoms with Crippen LogP contribution >= 0.6 is 11.5 Å². The van der Waals surface area contributed by atoms with E-state index in [0.29, 0.717) is 18.2 Å². The molecule has 2 aliphatic heterocycles. The molecule has 2 aromatic rings. The lowest BCUT2D eigenvalue weighted by Gasteiger charge is -2.27. The number of amides is 4. The van der Waals surface area contributed by atoms with Crippen LogP contribution in [0.5, 0.6) is 0 Å². The Morgan fingerprint density at radius 1 is 1.00 bits per heavy atom. The summed E-state index contributed by atoms with van der Waals surface area (Å²) >= 11 is 1.41. The van der Waals surface area contributed by atoms with E-state index >= 15 is 0 Å². The van der Waals surface area contributed by atoms with Gasteiger partial charge in [-0.25, -0.2) is 4.98 Å². The van der Waals surface area contributed by atoms with Crippen molar-refractivity contribution in [3.8, 4) is 0 Å². The Balaban J connectivity index is 1.12. The highest BCUT2D eigenvalue weighted by Crippen LogP contribution is 2.34. The minimum atomic E-state index is -0.964. The molecule has 4 amide bonds. The summed E-state index contributed by atoms with van der Waals surface area (Å²) in [5.74, 6) is -0.511. The van der Waals surface area contributed by atoms with E-state index in [1.54, 1.807) is 18.2 Å². The molecule has 1 aromatic carbocycles. The molecule has 1 saturated carbocycles. The number of anilines is 2. The van der Waals surface area contributed by atoms with Gasteiger partial charge in [-0.15, -0.1) is 0 Å². The average molecular weight is 497 g/mol. The van der Waals surface area contributed by atoms with Gasteiger partial charge in [-0.1, -0.05) is 18.9 Å². The summed E-state index contributed by atoms with van der Waals surface area (Å²) in [6.45, 7) is 1.40. The molecule has 1 aromatic heterocycles. The highest BCUT2D eigenvalue weighted by atomic mass is 32.1. The first-order chi connectivity index (χ1) is 17.0. The predicted molar refractivity (Wildman–Crippen MR) is 130 cm³/mol. The summed E-state index contributed by atoms with van der Waals surface area (Å²) in [5, 5.41) is 9.69. The number of carbonyl (C=O) groups excluding carboxylic acids is 4. The molecule has 3 N–H and O–H groups in total. The van der Waals surface area contributed by atoms with Crippen LogP contribution in [0.1, 0.15) is 83.8 Å². The van der Waals surface area contributed by atoms with Crippen LogP contribution < -0.4 is 16.0 Å². The predicted octanol–water partition coefficient (Wildman–Crippen LogP) is 2.90. The van der Waals surface area contributed by atoms with Gasteiger partial charge in [0.1, 0.15) is 11.9 Å². The van der Waals surface area contributed by atoms with Gasteiger partial charge in [-0.2, -0.15) is 4.37 Å². The zero-order valence-corrected chi connectivity index (χ0v) is 20.2. The first kappa shape index (κ1) is 23.4. The minimum Gasteiger partial charge on any atom is -0.384 e. The molecule has 0 radical (unpaired) electrons. The van der Waals surface area contributed by atoms with Gasteiger partial charge in [0.2, 0.25) is 16.9 Å². The maximum atomic E-state index is 13.1. The maximum absolute atomic E-state index is 13.1. The number of nitrogens with one attached hydrogen (secondary N) is 3. The Hall–Kier alpha value is -3.34. The summed E-state index contributed by atoms with van der Waals surface area (Å²) in [4.78, 5) is 55.4. The summed E-state index contributed by atoms with van der Waals surface area (Å²) < 4.78 is 4.50. The van der Waals surface area contributed by atoms with Crippen LogP contribution in [0.25, 0.3) is 0 Å². The molecular weight excluding hydrogens is 468 g/mol. The van der Waals surface area contributed by atoms with Crippen molar-refractivity contribution in [3.05, 3.63) is 35.2 Å². The lowest BCUT2D eigenvalue weighted by Crippen LogP contribution is -2.54. The fraction of sp³-hybridized carbons (Fsp3) is 0.500. The van der Waals surface area contributed by atoms with Crippen molar-refractivity contribution in [1.29, 1.82) is 0 Å². The molecule has 1 saturated heterocycles. The smallest absolute Gasteiger partial charge is 0.264 e. The fourth-order valence-corrected chi connectivity index (χ4v) is 5.66. The van der Waals surface area contributed by atoms with Crippen molar-refractivity contribution in [1.82, 2.24) is 19.6 Å². The topological polar surface area (TPSA) is 133 Å². The molecule has 5 rings (SSSR count). The zero-order valence-electron chi connectivity index (χ0n) is 19.3. The molecule has 184 valence electrons. The molecule has 3 aliphatic rings. The van der Waals surface area contributed by atoms with Crippen molar-refractivity contribution in [2.75, 3.05) is 23.7 Å². The second kappa shape index (κ2) is 10.1. The van der Waals surface area contributed by atoms with Crippen LogP contribution in [0.2, 0.25) is 0 Å². The standard InChI is InChI=1S/C24H28N6O4S/c31-18-11-10-17(21(32)27-18)30-22(33)15-8-5-9-16(19(15)23(30)34)25-12-3-4-13-26-24-28-20(29-35-24)14-6-1-2-7-14/h5,8-9,14,17,25H,1-4,6-7,10-13H2,(H,26,28,29)(H,27,31,32). The molecule has 11 heteroatoms. The van der Waals surface area contributed by atoms with Gasteiger partial charge in [0, 0.05) is 42.6 Å². The van der Waals surface area contributed by atoms with Crippen LogP contribution in [-0.4, -0.2) is 57.0 Å². The first-order valence-corrected chi connectivity index (χ1v) is 13.0. The summed E-state index contributed by atoms with van der Waals surface area (Å²) in [5.41, 5.74) is 1.14. The van der Waals surface area contributed by atoms with Crippen molar-refractivity contribution in [3.63, 3.8) is 0 Å². The Morgan fingerprint density at radius 3 is 2.54 bits per heavy atom. The molecule has 0 spiro atoms. The Morgan fingerprint density at radius 2 is 1.77 bits per heavy atom. The Bertz CT molecular complexity index is 1160. The van der Waals surface area contributed by atoms with Crippen molar-refractivity contribution >= 4 is 46.0 Å². The maximum Gasteiger partial charge on any atom is 0.264 e. The van der Waals surface area contributed by atoms with Crippen molar-refractivity contribution < 1.29 is 19.2 Å².